The molecule has 36 heavy (non-hydrogen) atoms. The molecule has 3 heterocycles. The van der Waals surface area contributed by atoms with E-state index in [9.17, 15) is 9.90 Å². The minimum absolute atomic E-state index is 0.138. The van der Waals surface area contributed by atoms with E-state index in [0.29, 0.717) is 59.4 Å². The lowest BCUT2D eigenvalue weighted by atomic mass is 9.74. The zero-order valence-electron chi connectivity index (χ0n) is 22.3. The molecule has 0 spiro atoms. The number of hydrogen-bond acceptors (Lipinski definition) is 7. The molecule has 6 aliphatic rings. The number of aliphatic carboxylic acids is 1. The van der Waals surface area contributed by atoms with Gasteiger partial charge in [0.2, 0.25) is 0 Å². The van der Waals surface area contributed by atoms with Gasteiger partial charge >= 0.3 is 5.97 Å². The molecule has 11 unspecified atom stereocenters. The molecule has 0 aromatic heterocycles. The summed E-state index contributed by atoms with van der Waals surface area (Å²) in [6.45, 7) is 8.47. The van der Waals surface area contributed by atoms with Crippen LogP contribution in [0.1, 0.15) is 19.3 Å². The molecule has 8 heteroatoms. The topological polar surface area (TPSA) is 101 Å². The van der Waals surface area contributed by atoms with E-state index >= 15 is 0 Å². The highest BCUT2D eigenvalue weighted by Gasteiger charge is 2.74. The van der Waals surface area contributed by atoms with E-state index in [-0.39, 0.29) is 11.3 Å². The van der Waals surface area contributed by atoms with Crippen LogP contribution in [0.5, 0.6) is 0 Å². The number of piperidine rings is 3. The maximum absolute atomic E-state index is 12.5. The fourth-order valence-corrected chi connectivity index (χ4v) is 10.2. The van der Waals surface area contributed by atoms with E-state index in [4.69, 9.17) is 14.2 Å². The van der Waals surface area contributed by atoms with Crippen molar-refractivity contribution in [2.45, 2.75) is 19.3 Å². The summed E-state index contributed by atoms with van der Waals surface area (Å²) in [4.78, 5) is 12.5. The average Bonchev–Trinajstić information content (AvgIpc) is 3.55. The van der Waals surface area contributed by atoms with Gasteiger partial charge in [-0.15, -0.1) is 0 Å². The van der Waals surface area contributed by atoms with E-state index in [0.717, 1.165) is 64.8 Å². The van der Waals surface area contributed by atoms with Gasteiger partial charge in [-0.1, -0.05) is 0 Å². The summed E-state index contributed by atoms with van der Waals surface area (Å²) in [5.41, 5.74) is 0.504. The monoisotopic (exact) mass is 504 g/mol. The fraction of sp³-hybridized carbons (Fsp3) is 0.929. The number of nitrogens with one attached hydrogen (secondary N) is 3. The highest BCUT2D eigenvalue weighted by Crippen LogP contribution is 2.72. The van der Waals surface area contributed by atoms with Gasteiger partial charge < -0.3 is 35.3 Å². The second-order valence-corrected chi connectivity index (χ2v) is 12.9. The van der Waals surface area contributed by atoms with Crippen LogP contribution in [0.2, 0.25) is 0 Å². The van der Waals surface area contributed by atoms with Gasteiger partial charge in [-0.3, -0.25) is 4.79 Å². The van der Waals surface area contributed by atoms with Crippen LogP contribution in [0.25, 0.3) is 0 Å². The lowest BCUT2D eigenvalue weighted by Crippen LogP contribution is -2.34. The third-order valence-electron chi connectivity index (χ3n) is 12.0. The molecular formula is C28H46N3O5. The lowest BCUT2D eigenvalue weighted by molar-refractivity contribution is -0.144. The Hall–Kier alpha value is -0.770. The Balaban J connectivity index is 1.17. The fourth-order valence-electron chi connectivity index (χ4n) is 10.2. The third kappa shape index (κ3) is 3.58. The molecule has 0 aromatic carbocycles. The van der Waals surface area contributed by atoms with Gasteiger partial charge in [0.15, 0.2) is 0 Å². The smallest absolute Gasteiger partial charge is 0.307 e. The molecule has 6 rings (SSSR count). The molecule has 0 aromatic rings. The van der Waals surface area contributed by atoms with Gasteiger partial charge in [0.25, 0.3) is 0 Å². The van der Waals surface area contributed by atoms with Crippen molar-refractivity contribution in [3.05, 3.63) is 6.42 Å². The normalized spacial score (nSPS) is 47.2. The second kappa shape index (κ2) is 9.45. The first kappa shape index (κ1) is 25.5. The number of hydrogen-bond donors (Lipinski definition) is 4. The first-order valence-electron chi connectivity index (χ1n) is 14.1. The van der Waals surface area contributed by atoms with Crippen LogP contribution in [0.15, 0.2) is 0 Å². The first-order valence-corrected chi connectivity index (χ1v) is 14.1. The van der Waals surface area contributed by atoms with Crippen LogP contribution in [-0.2, 0) is 19.0 Å². The number of ether oxygens (including phenoxy) is 3. The third-order valence-corrected chi connectivity index (χ3v) is 12.0. The van der Waals surface area contributed by atoms with Crippen LogP contribution in [-0.4, -0.2) is 91.5 Å². The Labute approximate surface area is 216 Å². The van der Waals surface area contributed by atoms with Crippen LogP contribution < -0.4 is 16.0 Å². The van der Waals surface area contributed by atoms with E-state index in [1.54, 1.807) is 7.11 Å². The SMILES string of the molecule is COCC1C2CNCC21CC(C[CH]CC(C(=O)O)C12CNCC1C2COC)C12CNCC1C2COC. The number of rotatable bonds is 15. The zero-order chi connectivity index (χ0) is 25.1. The molecule has 11 atom stereocenters. The average molecular weight is 505 g/mol. The molecule has 8 nitrogen and oxygen atoms in total. The Kier molecular flexibility index (Phi) is 6.70. The van der Waals surface area contributed by atoms with Crippen molar-refractivity contribution in [1.82, 2.24) is 16.0 Å². The number of carbonyl (C=O) groups is 1. The van der Waals surface area contributed by atoms with Crippen LogP contribution >= 0.6 is 0 Å². The van der Waals surface area contributed by atoms with Crippen molar-refractivity contribution in [3.8, 4) is 0 Å². The number of carboxylic acid groups (broad SMARTS) is 1. The number of fused-ring (bicyclic) bond motifs is 3. The quantitative estimate of drug-likeness (QED) is 0.263. The van der Waals surface area contributed by atoms with Crippen LogP contribution in [0.4, 0.5) is 0 Å². The predicted octanol–water partition coefficient (Wildman–Crippen LogP) is 1.12. The Bertz CT molecular complexity index is 844. The number of methoxy groups -OCH3 is 3. The molecule has 3 aliphatic carbocycles. The summed E-state index contributed by atoms with van der Waals surface area (Å²) < 4.78 is 16.8. The van der Waals surface area contributed by atoms with Crippen molar-refractivity contribution >= 4 is 5.97 Å². The molecule has 3 saturated carbocycles. The summed E-state index contributed by atoms with van der Waals surface area (Å²) >= 11 is 0. The van der Waals surface area contributed by atoms with Crippen molar-refractivity contribution in [1.29, 1.82) is 0 Å². The van der Waals surface area contributed by atoms with Gasteiger partial charge in [0.1, 0.15) is 0 Å². The van der Waals surface area contributed by atoms with Gasteiger partial charge in [0, 0.05) is 66.2 Å². The molecule has 3 aliphatic heterocycles. The highest BCUT2D eigenvalue weighted by molar-refractivity contribution is 5.72. The second-order valence-electron chi connectivity index (χ2n) is 12.9. The summed E-state index contributed by atoms with van der Waals surface area (Å²) in [5.74, 6) is 3.08. The summed E-state index contributed by atoms with van der Waals surface area (Å²) in [5, 5.41) is 21.1. The standard InChI is InChI=1S/C28H46N3O5/c1-34-11-22-19-8-29-14-26(19,22)7-17(27-15-30-9-20(27)23(27)12-35-2)5-4-6-18(25(32)33)28-16-31-10-21(28)24(28)13-36-3/h4,17-24,29-31H,5-16H2,1-3H3,(H,32,33). The molecule has 3 saturated heterocycles. The van der Waals surface area contributed by atoms with Crippen LogP contribution in [0.3, 0.4) is 0 Å². The first-order chi connectivity index (χ1) is 17.5. The van der Waals surface area contributed by atoms with Gasteiger partial charge in [-0.2, -0.15) is 0 Å². The molecule has 203 valence electrons. The summed E-state index contributed by atoms with van der Waals surface area (Å²) in [7, 11) is 5.39. The van der Waals surface area contributed by atoms with Crippen molar-refractivity contribution in [2.75, 3.05) is 80.4 Å². The summed E-state index contributed by atoms with van der Waals surface area (Å²) in [6.07, 6.45) is 5.24. The van der Waals surface area contributed by atoms with Crippen molar-refractivity contribution < 1.29 is 24.1 Å². The Morgan fingerprint density at radius 1 is 0.833 bits per heavy atom. The van der Waals surface area contributed by atoms with E-state index in [2.05, 4.69) is 22.4 Å². The molecule has 0 amide bonds. The minimum atomic E-state index is -0.640. The van der Waals surface area contributed by atoms with Crippen molar-refractivity contribution in [2.24, 2.45) is 63.6 Å². The Morgan fingerprint density at radius 2 is 1.39 bits per heavy atom. The van der Waals surface area contributed by atoms with E-state index in [1.165, 1.54) is 6.42 Å². The van der Waals surface area contributed by atoms with Crippen LogP contribution in [0, 0.1) is 70.0 Å². The maximum Gasteiger partial charge on any atom is 0.307 e. The predicted molar refractivity (Wildman–Crippen MR) is 135 cm³/mol. The zero-order valence-corrected chi connectivity index (χ0v) is 22.3. The minimum Gasteiger partial charge on any atom is -0.481 e. The molecule has 6 fully saturated rings. The van der Waals surface area contributed by atoms with Gasteiger partial charge in [-0.05, 0) is 97.6 Å². The van der Waals surface area contributed by atoms with Gasteiger partial charge in [0.05, 0.1) is 5.92 Å². The van der Waals surface area contributed by atoms with Crippen molar-refractivity contribution in [3.63, 3.8) is 0 Å². The molecular weight excluding hydrogens is 458 g/mol. The Morgan fingerprint density at radius 3 is 2.06 bits per heavy atom. The van der Waals surface area contributed by atoms with E-state index < -0.39 is 5.97 Å². The van der Waals surface area contributed by atoms with Gasteiger partial charge in [-0.25, -0.2) is 0 Å². The molecule has 0 bridgehead atoms. The largest absolute Gasteiger partial charge is 0.481 e. The van der Waals surface area contributed by atoms with E-state index in [1.807, 2.05) is 14.2 Å². The number of carboxylic acids is 1. The lowest BCUT2D eigenvalue weighted by Gasteiger charge is -2.32. The molecule has 4 N–H and O–H groups in total. The molecule has 1 radical (unpaired) electrons. The summed E-state index contributed by atoms with van der Waals surface area (Å²) in [6, 6.07) is 0. The highest BCUT2D eigenvalue weighted by atomic mass is 16.5. The maximum atomic E-state index is 12.5.